The molecule has 3 rings (SSSR count). The summed E-state index contributed by atoms with van der Waals surface area (Å²) in [5, 5.41) is 11.9. The average molecular weight is 345 g/mol. The number of halogens is 1. The number of carbonyl (C=O) groups excluding carboxylic acids is 1. The van der Waals surface area contributed by atoms with Crippen molar-refractivity contribution in [3.8, 4) is 5.69 Å². The molecule has 1 amide bonds. The van der Waals surface area contributed by atoms with E-state index < -0.39 is 0 Å². The smallest absolute Gasteiger partial charge is 0.234 e. The van der Waals surface area contributed by atoms with E-state index in [2.05, 4.69) is 15.5 Å². The van der Waals surface area contributed by atoms with Crippen LogP contribution < -0.4 is 5.32 Å². The van der Waals surface area contributed by atoms with Crippen molar-refractivity contribution in [1.29, 1.82) is 0 Å². The van der Waals surface area contributed by atoms with Gasteiger partial charge < -0.3 is 5.32 Å². The highest BCUT2D eigenvalue weighted by atomic mass is 35.5. The number of hydrogen-bond acceptors (Lipinski definition) is 4. The lowest BCUT2D eigenvalue weighted by Crippen LogP contribution is -2.14. The number of para-hydroxylation sites is 2. The van der Waals surface area contributed by atoms with Crippen LogP contribution >= 0.6 is 23.4 Å². The lowest BCUT2D eigenvalue weighted by atomic mass is 10.3. The number of anilines is 1. The number of amides is 1. The average Bonchev–Trinajstić information content (AvgIpc) is 3.04. The van der Waals surface area contributed by atoms with Crippen molar-refractivity contribution < 1.29 is 4.79 Å². The van der Waals surface area contributed by atoms with Crippen LogP contribution in [0.3, 0.4) is 0 Å². The van der Waals surface area contributed by atoms with Gasteiger partial charge in [0, 0.05) is 5.69 Å². The highest BCUT2D eigenvalue weighted by Crippen LogP contribution is 2.22. The molecule has 5 nitrogen and oxygen atoms in total. The topological polar surface area (TPSA) is 59.8 Å². The summed E-state index contributed by atoms with van der Waals surface area (Å²) in [6.45, 7) is 0. The van der Waals surface area contributed by atoms with Gasteiger partial charge in [0.25, 0.3) is 0 Å². The lowest BCUT2D eigenvalue weighted by Gasteiger charge is -2.07. The van der Waals surface area contributed by atoms with Gasteiger partial charge in [-0.25, -0.2) is 0 Å². The van der Waals surface area contributed by atoms with E-state index in [4.69, 9.17) is 11.6 Å². The maximum Gasteiger partial charge on any atom is 0.234 e. The summed E-state index contributed by atoms with van der Waals surface area (Å²) in [6.07, 6.45) is 1.63. The van der Waals surface area contributed by atoms with Crippen LogP contribution in [0.2, 0.25) is 5.02 Å². The summed E-state index contributed by atoms with van der Waals surface area (Å²) in [4.78, 5) is 12.1. The Morgan fingerprint density at radius 3 is 2.65 bits per heavy atom. The number of hydrogen-bond donors (Lipinski definition) is 1. The molecule has 0 fully saturated rings. The van der Waals surface area contributed by atoms with Crippen molar-refractivity contribution in [2.24, 2.45) is 0 Å². The molecule has 0 unspecified atom stereocenters. The van der Waals surface area contributed by atoms with Gasteiger partial charge in [-0.1, -0.05) is 53.7 Å². The molecular formula is C16H13ClN4OS. The van der Waals surface area contributed by atoms with E-state index in [1.165, 1.54) is 11.8 Å². The predicted molar refractivity (Wildman–Crippen MR) is 92.2 cm³/mol. The van der Waals surface area contributed by atoms with E-state index in [-0.39, 0.29) is 11.7 Å². The first kappa shape index (κ1) is 15.6. The van der Waals surface area contributed by atoms with Crippen LogP contribution in [0.4, 0.5) is 5.69 Å². The molecule has 0 aliphatic carbocycles. The van der Waals surface area contributed by atoms with Gasteiger partial charge in [-0.15, -0.1) is 10.2 Å². The van der Waals surface area contributed by atoms with Crippen LogP contribution in [0.5, 0.6) is 0 Å². The standard InChI is InChI=1S/C16H13ClN4OS/c17-13-8-4-5-9-14(13)19-15(22)10-23-16-20-18-11-21(16)12-6-2-1-3-7-12/h1-9,11H,10H2,(H,19,22). The van der Waals surface area contributed by atoms with Crippen molar-refractivity contribution in [3.05, 3.63) is 65.9 Å². The van der Waals surface area contributed by atoms with E-state index >= 15 is 0 Å². The quantitative estimate of drug-likeness (QED) is 0.718. The van der Waals surface area contributed by atoms with Crippen molar-refractivity contribution in [3.63, 3.8) is 0 Å². The molecular weight excluding hydrogens is 332 g/mol. The fraction of sp³-hybridized carbons (Fsp3) is 0.0625. The molecule has 1 aromatic heterocycles. The Bertz CT molecular complexity index is 807. The number of aromatic nitrogens is 3. The molecule has 1 N–H and O–H groups in total. The highest BCUT2D eigenvalue weighted by Gasteiger charge is 2.11. The fourth-order valence-corrected chi connectivity index (χ4v) is 2.88. The van der Waals surface area contributed by atoms with Crippen molar-refractivity contribution in [1.82, 2.24) is 14.8 Å². The Morgan fingerprint density at radius 1 is 1.13 bits per heavy atom. The van der Waals surface area contributed by atoms with Gasteiger partial charge in [0.1, 0.15) is 6.33 Å². The summed E-state index contributed by atoms with van der Waals surface area (Å²) in [5.41, 5.74) is 1.55. The van der Waals surface area contributed by atoms with E-state index in [9.17, 15) is 4.79 Å². The molecule has 0 saturated heterocycles. The lowest BCUT2D eigenvalue weighted by molar-refractivity contribution is -0.113. The number of benzene rings is 2. The Morgan fingerprint density at radius 2 is 1.87 bits per heavy atom. The van der Waals surface area contributed by atoms with Crippen LogP contribution in [-0.2, 0) is 4.79 Å². The molecule has 0 atom stereocenters. The molecule has 116 valence electrons. The van der Waals surface area contributed by atoms with Crippen molar-refractivity contribution >= 4 is 35.0 Å². The SMILES string of the molecule is O=C(CSc1nncn1-c1ccccc1)Nc1ccccc1Cl. The first-order valence-electron chi connectivity index (χ1n) is 6.86. The minimum atomic E-state index is -0.147. The number of thioether (sulfide) groups is 1. The Balaban J connectivity index is 1.64. The number of nitrogens with one attached hydrogen (secondary N) is 1. The molecule has 0 aliphatic rings. The molecule has 0 radical (unpaired) electrons. The molecule has 3 aromatic rings. The zero-order chi connectivity index (χ0) is 16.1. The van der Waals surface area contributed by atoms with Gasteiger partial charge in [-0.3, -0.25) is 9.36 Å². The normalized spacial score (nSPS) is 10.5. The maximum absolute atomic E-state index is 12.1. The third-order valence-corrected chi connectivity index (χ3v) is 4.30. The summed E-state index contributed by atoms with van der Waals surface area (Å²) < 4.78 is 1.84. The Kier molecular flexibility index (Phi) is 4.95. The zero-order valence-electron chi connectivity index (χ0n) is 12.0. The van der Waals surface area contributed by atoms with Gasteiger partial charge in [0.05, 0.1) is 16.5 Å². The van der Waals surface area contributed by atoms with E-state index in [0.29, 0.717) is 15.9 Å². The molecule has 1 heterocycles. The molecule has 0 bridgehead atoms. The van der Waals surface area contributed by atoms with Crippen molar-refractivity contribution in [2.45, 2.75) is 5.16 Å². The number of nitrogens with zero attached hydrogens (tertiary/aromatic N) is 3. The largest absolute Gasteiger partial charge is 0.324 e. The zero-order valence-corrected chi connectivity index (χ0v) is 13.6. The monoisotopic (exact) mass is 344 g/mol. The van der Waals surface area contributed by atoms with Crippen LogP contribution in [0.15, 0.2) is 66.1 Å². The maximum atomic E-state index is 12.1. The van der Waals surface area contributed by atoms with Crippen LogP contribution in [0.1, 0.15) is 0 Å². The fourth-order valence-electron chi connectivity index (χ4n) is 1.97. The molecule has 2 aromatic carbocycles. The van der Waals surface area contributed by atoms with Crippen molar-refractivity contribution in [2.75, 3.05) is 11.1 Å². The summed E-state index contributed by atoms with van der Waals surface area (Å²) in [6, 6.07) is 16.9. The van der Waals surface area contributed by atoms with Gasteiger partial charge in [0.15, 0.2) is 5.16 Å². The molecule has 0 spiro atoms. The number of carbonyl (C=O) groups is 1. The third kappa shape index (κ3) is 3.91. The second-order valence-electron chi connectivity index (χ2n) is 4.64. The second-order valence-corrected chi connectivity index (χ2v) is 5.99. The second kappa shape index (κ2) is 7.30. The third-order valence-electron chi connectivity index (χ3n) is 3.03. The van der Waals surface area contributed by atoms with Gasteiger partial charge in [0.2, 0.25) is 5.91 Å². The molecule has 7 heteroatoms. The first-order valence-corrected chi connectivity index (χ1v) is 8.23. The first-order chi connectivity index (χ1) is 11.2. The van der Waals surface area contributed by atoms with E-state index in [1.807, 2.05) is 47.0 Å². The molecule has 0 aliphatic heterocycles. The van der Waals surface area contributed by atoms with Gasteiger partial charge in [-0.05, 0) is 24.3 Å². The van der Waals surface area contributed by atoms with Crippen LogP contribution in [-0.4, -0.2) is 26.4 Å². The summed E-state index contributed by atoms with van der Waals surface area (Å²) >= 11 is 7.34. The van der Waals surface area contributed by atoms with E-state index in [1.54, 1.807) is 18.5 Å². The van der Waals surface area contributed by atoms with Crippen LogP contribution in [0, 0.1) is 0 Å². The predicted octanol–water partition coefficient (Wildman–Crippen LogP) is 3.65. The van der Waals surface area contributed by atoms with Gasteiger partial charge >= 0.3 is 0 Å². The number of rotatable bonds is 5. The Hall–Kier alpha value is -2.31. The minimum absolute atomic E-state index is 0.147. The minimum Gasteiger partial charge on any atom is -0.324 e. The highest BCUT2D eigenvalue weighted by molar-refractivity contribution is 7.99. The van der Waals surface area contributed by atoms with Gasteiger partial charge in [-0.2, -0.15) is 0 Å². The van der Waals surface area contributed by atoms with E-state index in [0.717, 1.165) is 5.69 Å². The van der Waals surface area contributed by atoms with Crippen LogP contribution in [0.25, 0.3) is 5.69 Å². The summed E-state index contributed by atoms with van der Waals surface area (Å²) in [7, 11) is 0. The Labute approximate surface area is 142 Å². The summed E-state index contributed by atoms with van der Waals surface area (Å²) in [5.74, 6) is 0.0715. The molecule has 0 saturated carbocycles. The molecule has 23 heavy (non-hydrogen) atoms.